The maximum absolute atomic E-state index is 9.96. The molecule has 1 heterocycles. The molecule has 0 radical (unpaired) electrons. The highest BCUT2D eigenvalue weighted by Crippen LogP contribution is 2.22. The second-order valence-corrected chi connectivity index (χ2v) is 9.18. The molecular weight excluding hydrogens is 398 g/mol. The Bertz CT molecular complexity index is 412. The second kappa shape index (κ2) is 18.2. The summed E-state index contributed by atoms with van der Waals surface area (Å²) in [6.45, 7) is 1.99. The van der Waals surface area contributed by atoms with Crippen molar-refractivity contribution >= 4 is 0 Å². The van der Waals surface area contributed by atoms with Gasteiger partial charge < -0.3 is 35.6 Å². The van der Waals surface area contributed by atoms with Gasteiger partial charge in [-0.25, -0.2) is 0 Å². The third-order valence-electron chi connectivity index (χ3n) is 6.25. The molecule has 0 aromatic heterocycles. The molecule has 7 heteroatoms. The Morgan fingerprint density at radius 3 is 1.71 bits per heavy atom. The van der Waals surface area contributed by atoms with Crippen LogP contribution in [0.5, 0.6) is 0 Å². The summed E-state index contributed by atoms with van der Waals surface area (Å²) in [5.74, 6) is 0. The molecule has 31 heavy (non-hydrogen) atoms. The van der Waals surface area contributed by atoms with Crippen LogP contribution in [0.15, 0.2) is 0 Å². The number of rotatable bonds is 19. The third kappa shape index (κ3) is 12.5. The fourth-order valence-corrected chi connectivity index (χ4v) is 4.11. The van der Waals surface area contributed by atoms with Crippen molar-refractivity contribution in [1.82, 2.24) is 0 Å². The minimum absolute atomic E-state index is 0.176. The van der Waals surface area contributed by atoms with Gasteiger partial charge >= 0.3 is 0 Å². The Balaban J connectivity index is 1.94. The minimum Gasteiger partial charge on any atom is -0.394 e. The van der Waals surface area contributed by atoms with Crippen molar-refractivity contribution in [3.8, 4) is 0 Å². The van der Waals surface area contributed by atoms with Gasteiger partial charge in [0.2, 0.25) is 0 Å². The molecule has 0 unspecified atom stereocenters. The van der Waals surface area contributed by atoms with Gasteiger partial charge in [-0.2, -0.15) is 0 Å². The fourth-order valence-electron chi connectivity index (χ4n) is 4.11. The van der Waals surface area contributed by atoms with Gasteiger partial charge in [-0.3, -0.25) is 0 Å². The molecule has 0 aliphatic carbocycles. The molecule has 6 atom stereocenters. The Hall–Kier alpha value is -0.280. The highest BCUT2D eigenvalue weighted by atomic mass is 16.7. The van der Waals surface area contributed by atoms with E-state index in [1.54, 1.807) is 0 Å². The van der Waals surface area contributed by atoms with Crippen LogP contribution in [0.1, 0.15) is 103 Å². The van der Waals surface area contributed by atoms with Gasteiger partial charge in [0.25, 0.3) is 0 Å². The Labute approximate surface area is 189 Å². The lowest BCUT2D eigenvalue weighted by atomic mass is 9.99. The topological polar surface area (TPSA) is 125 Å². The van der Waals surface area contributed by atoms with Crippen LogP contribution in [0.2, 0.25) is 0 Å². The molecule has 0 saturated carbocycles. The van der Waals surface area contributed by atoms with Crippen molar-refractivity contribution in [2.45, 2.75) is 140 Å². The molecule has 6 N–H and O–H groups in total. The predicted molar refractivity (Wildman–Crippen MR) is 123 cm³/mol. The van der Waals surface area contributed by atoms with E-state index in [4.69, 9.17) is 15.2 Å². The van der Waals surface area contributed by atoms with E-state index in [0.717, 1.165) is 19.3 Å². The fraction of sp³-hybridized carbons (Fsp3) is 1.00. The zero-order valence-corrected chi connectivity index (χ0v) is 19.7. The molecule has 0 amide bonds. The first-order chi connectivity index (χ1) is 15.0. The van der Waals surface area contributed by atoms with Crippen molar-refractivity contribution in [3.63, 3.8) is 0 Å². The van der Waals surface area contributed by atoms with E-state index in [2.05, 4.69) is 6.92 Å². The molecule has 1 rings (SSSR count). The predicted octanol–water partition coefficient (Wildman–Crippen LogP) is 3.00. The summed E-state index contributed by atoms with van der Waals surface area (Å²) in [7, 11) is 0. The maximum Gasteiger partial charge on any atom is 0.186 e. The molecule has 0 aromatic carbocycles. The summed E-state index contributed by atoms with van der Waals surface area (Å²) in [5.41, 5.74) is 6.09. The Kier molecular flexibility index (Phi) is 16.9. The summed E-state index contributed by atoms with van der Waals surface area (Å²) in [6, 6.07) is -0.176. The van der Waals surface area contributed by atoms with E-state index in [1.165, 1.54) is 77.0 Å². The summed E-state index contributed by atoms with van der Waals surface area (Å²) in [5, 5.41) is 38.7. The molecule has 1 aliphatic heterocycles. The summed E-state index contributed by atoms with van der Waals surface area (Å²) < 4.78 is 10.8. The van der Waals surface area contributed by atoms with Crippen LogP contribution in [-0.2, 0) is 9.47 Å². The van der Waals surface area contributed by atoms with Gasteiger partial charge in [0, 0.05) is 6.04 Å². The van der Waals surface area contributed by atoms with E-state index >= 15 is 0 Å². The van der Waals surface area contributed by atoms with Crippen LogP contribution < -0.4 is 5.73 Å². The van der Waals surface area contributed by atoms with Crippen LogP contribution in [0.4, 0.5) is 0 Å². The van der Waals surface area contributed by atoms with E-state index < -0.39 is 37.3 Å². The van der Waals surface area contributed by atoms with Crippen molar-refractivity contribution in [1.29, 1.82) is 0 Å². The lowest BCUT2D eigenvalue weighted by molar-refractivity contribution is -0.301. The molecular formula is C24H49NO6. The normalized spacial score (nSPS) is 27.5. The van der Waals surface area contributed by atoms with Gasteiger partial charge in [0.1, 0.15) is 24.4 Å². The zero-order chi connectivity index (χ0) is 22.9. The highest BCUT2D eigenvalue weighted by Gasteiger charge is 2.44. The van der Waals surface area contributed by atoms with E-state index in [0.29, 0.717) is 0 Å². The number of aliphatic hydroxyl groups excluding tert-OH is 4. The molecule has 1 fully saturated rings. The van der Waals surface area contributed by atoms with E-state index in [1.807, 2.05) is 0 Å². The molecule has 7 nitrogen and oxygen atoms in total. The first-order valence-electron chi connectivity index (χ1n) is 12.7. The SMILES string of the molecule is CCCCCCCCCCCCCCCC[C@@H](N)CO[C@H]1O[C@H](CO)[C@H](O)[C@H](O)[C@H]1O. The number of aliphatic hydroxyl groups is 4. The molecule has 0 aromatic rings. The molecule has 1 saturated heterocycles. The van der Waals surface area contributed by atoms with Crippen molar-refractivity contribution in [2.24, 2.45) is 5.73 Å². The van der Waals surface area contributed by atoms with Crippen molar-refractivity contribution in [2.75, 3.05) is 13.2 Å². The number of ether oxygens (including phenoxy) is 2. The Morgan fingerprint density at radius 1 is 0.742 bits per heavy atom. The average molecular weight is 448 g/mol. The maximum atomic E-state index is 9.96. The van der Waals surface area contributed by atoms with Gasteiger partial charge in [-0.1, -0.05) is 96.8 Å². The van der Waals surface area contributed by atoms with Crippen LogP contribution in [0.3, 0.4) is 0 Å². The summed E-state index contributed by atoms with van der Waals surface area (Å²) in [4.78, 5) is 0. The molecule has 186 valence electrons. The highest BCUT2D eigenvalue weighted by molar-refractivity contribution is 4.89. The molecule has 1 aliphatic rings. The number of hydrogen-bond acceptors (Lipinski definition) is 7. The largest absolute Gasteiger partial charge is 0.394 e. The van der Waals surface area contributed by atoms with Gasteiger partial charge in [-0.05, 0) is 6.42 Å². The first-order valence-corrected chi connectivity index (χ1v) is 12.7. The van der Waals surface area contributed by atoms with Gasteiger partial charge in [-0.15, -0.1) is 0 Å². The second-order valence-electron chi connectivity index (χ2n) is 9.18. The number of nitrogens with two attached hydrogens (primary N) is 1. The monoisotopic (exact) mass is 447 g/mol. The standard InChI is InChI=1S/C24H49NO6/c1-2-3-4-5-6-7-8-9-10-11-12-13-14-15-16-19(25)18-30-24-23(29)22(28)21(27)20(17-26)31-24/h19-24,26-29H,2-18,25H2,1H3/t19-,20-,21+,22+,23-,24+/m1/s1. The summed E-state index contributed by atoms with van der Waals surface area (Å²) >= 11 is 0. The number of hydrogen-bond donors (Lipinski definition) is 5. The van der Waals surface area contributed by atoms with E-state index in [9.17, 15) is 20.4 Å². The third-order valence-corrected chi connectivity index (χ3v) is 6.25. The van der Waals surface area contributed by atoms with Crippen LogP contribution in [0, 0.1) is 0 Å². The van der Waals surface area contributed by atoms with Crippen molar-refractivity contribution < 1.29 is 29.9 Å². The van der Waals surface area contributed by atoms with Crippen LogP contribution in [-0.4, -0.2) is 70.4 Å². The zero-order valence-electron chi connectivity index (χ0n) is 19.7. The smallest absolute Gasteiger partial charge is 0.186 e. The van der Waals surface area contributed by atoms with Crippen LogP contribution in [0.25, 0.3) is 0 Å². The van der Waals surface area contributed by atoms with E-state index in [-0.39, 0.29) is 12.6 Å². The lowest BCUT2D eigenvalue weighted by Gasteiger charge is -2.39. The minimum atomic E-state index is -1.42. The lowest BCUT2D eigenvalue weighted by Crippen LogP contribution is -2.59. The number of unbranched alkanes of at least 4 members (excludes halogenated alkanes) is 13. The average Bonchev–Trinajstić information content (AvgIpc) is 2.77. The quantitative estimate of drug-likeness (QED) is 0.193. The first kappa shape index (κ1) is 28.8. The molecule has 0 spiro atoms. The summed E-state index contributed by atoms with van der Waals surface area (Å²) in [6.07, 6.45) is 13.1. The Morgan fingerprint density at radius 2 is 1.23 bits per heavy atom. The van der Waals surface area contributed by atoms with Gasteiger partial charge in [0.15, 0.2) is 6.29 Å². The molecule has 0 bridgehead atoms. The van der Waals surface area contributed by atoms with Crippen LogP contribution >= 0.6 is 0 Å². The van der Waals surface area contributed by atoms with Gasteiger partial charge in [0.05, 0.1) is 13.2 Å². The van der Waals surface area contributed by atoms with Crippen molar-refractivity contribution in [3.05, 3.63) is 0 Å².